The Morgan fingerprint density at radius 1 is 1.54 bits per heavy atom. The summed E-state index contributed by atoms with van der Waals surface area (Å²) in [6, 6.07) is 6.72. The molecule has 0 radical (unpaired) electrons. The quantitative estimate of drug-likeness (QED) is 0.747. The molecule has 0 heterocycles. The molecule has 0 saturated carbocycles. The van der Waals surface area contributed by atoms with Crippen LogP contribution in [0.15, 0.2) is 18.2 Å². The summed E-state index contributed by atoms with van der Waals surface area (Å²) in [5.74, 6) is 0. The average Bonchev–Trinajstić information content (AvgIpc) is 2.49. The summed E-state index contributed by atoms with van der Waals surface area (Å²) >= 11 is 0. The maximum atomic E-state index is 5.97. The van der Waals surface area contributed by atoms with Crippen LogP contribution in [-0.4, -0.2) is 7.11 Å². The highest BCUT2D eigenvalue weighted by molar-refractivity contribution is 5.37. The SMILES string of the molecule is COCc1ccc2c(c1)C(N)CC2. The van der Waals surface area contributed by atoms with Crippen LogP contribution in [0, 0.1) is 0 Å². The summed E-state index contributed by atoms with van der Waals surface area (Å²) in [4.78, 5) is 0. The third kappa shape index (κ3) is 1.60. The molecule has 13 heavy (non-hydrogen) atoms. The normalized spacial score (nSPS) is 20.3. The number of hydrogen-bond donors (Lipinski definition) is 1. The van der Waals surface area contributed by atoms with Gasteiger partial charge in [-0.3, -0.25) is 0 Å². The molecule has 1 aromatic carbocycles. The second kappa shape index (κ2) is 3.48. The lowest BCUT2D eigenvalue weighted by Crippen LogP contribution is -2.05. The minimum absolute atomic E-state index is 0.242. The first-order chi connectivity index (χ1) is 6.31. The van der Waals surface area contributed by atoms with Crippen LogP contribution in [0.4, 0.5) is 0 Å². The highest BCUT2D eigenvalue weighted by Crippen LogP contribution is 2.29. The van der Waals surface area contributed by atoms with E-state index in [-0.39, 0.29) is 6.04 Å². The van der Waals surface area contributed by atoms with Crippen molar-refractivity contribution in [1.29, 1.82) is 0 Å². The van der Waals surface area contributed by atoms with E-state index in [9.17, 15) is 0 Å². The average molecular weight is 177 g/mol. The van der Waals surface area contributed by atoms with Crippen molar-refractivity contribution in [2.24, 2.45) is 5.73 Å². The predicted octanol–water partition coefficient (Wildman–Crippen LogP) is 1.78. The summed E-state index contributed by atoms with van der Waals surface area (Å²) in [6.45, 7) is 0.681. The molecule has 0 bridgehead atoms. The van der Waals surface area contributed by atoms with Gasteiger partial charge in [0.25, 0.3) is 0 Å². The zero-order valence-corrected chi connectivity index (χ0v) is 7.92. The van der Waals surface area contributed by atoms with Crippen LogP contribution in [-0.2, 0) is 17.8 Å². The van der Waals surface area contributed by atoms with Gasteiger partial charge in [0.1, 0.15) is 0 Å². The maximum Gasteiger partial charge on any atom is 0.0713 e. The van der Waals surface area contributed by atoms with Gasteiger partial charge in [-0.15, -0.1) is 0 Å². The Hall–Kier alpha value is -0.860. The molecule has 2 N–H and O–H groups in total. The molecule has 0 fully saturated rings. The van der Waals surface area contributed by atoms with E-state index in [0.29, 0.717) is 6.61 Å². The van der Waals surface area contributed by atoms with E-state index in [0.717, 1.165) is 12.8 Å². The van der Waals surface area contributed by atoms with Crippen molar-refractivity contribution >= 4 is 0 Å². The number of ether oxygens (including phenoxy) is 1. The van der Waals surface area contributed by atoms with Gasteiger partial charge in [-0.05, 0) is 29.5 Å². The van der Waals surface area contributed by atoms with E-state index in [1.54, 1.807) is 7.11 Å². The van der Waals surface area contributed by atoms with E-state index in [1.165, 1.54) is 16.7 Å². The van der Waals surface area contributed by atoms with Gasteiger partial charge in [-0.1, -0.05) is 18.2 Å². The lowest BCUT2D eigenvalue weighted by Gasteiger charge is -2.07. The molecule has 2 heteroatoms. The topological polar surface area (TPSA) is 35.2 Å². The van der Waals surface area contributed by atoms with Crippen molar-refractivity contribution in [3.8, 4) is 0 Å². The van der Waals surface area contributed by atoms with Gasteiger partial charge in [0.15, 0.2) is 0 Å². The molecule has 2 rings (SSSR count). The molecule has 2 nitrogen and oxygen atoms in total. The van der Waals surface area contributed by atoms with Crippen molar-refractivity contribution in [3.05, 3.63) is 34.9 Å². The highest BCUT2D eigenvalue weighted by atomic mass is 16.5. The summed E-state index contributed by atoms with van der Waals surface area (Å²) < 4.78 is 5.08. The fourth-order valence-electron chi connectivity index (χ4n) is 1.94. The van der Waals surface area contributed by atoms with E-state index in [1.807, 2.05) is 0 Å². The zero-order chi connectivity index (χ0) is 9.26. The Labute approximate surface area is 78.7 Å². The van der Waals surface area contributed by atoms with E-state index in [2.05, 4.69) is 18.2 Å². The molecule has 1 aliphatic carbocycles. The Morgan fingerprint density at radius 3 is 3.15 bits per heavy atom. The predicted molar refractivity (Wildman–Crippen MR) is 52.4 cm³/mol. The molecule has 0 amide bonds. The standard InChI is InChI=1S/C11H15NO/c1-13-7-8-2-3-9-4-5-11(12)10(9)6-8/h2-3,6,11H,4-5,7,12H2,1H3. The Balaban J connectivity index is 2.31. The number of fused-ring (bicyclic) bond motifs is 1. The highest BCUT2D eigenvalue weighted by Gasteiger charge is 2.18. The van der Waals surface area contributed by atoms with Gasteiger partial charge in [0.2, 0.25) is 0 Å². The molecule has 0 spiro atoms. The number of nitrogens with two attached hydrogens (primary N) is 1. The first-order valence-electron chi connectivity index (χ1n) is 4.67. The van der Waals surface area contributed by atoms with Gasteiger partial charge in [-0.25, -0.2) is 0 Å². The molecule has 0 aromatic heterocycles. The first kappa shape index (κ1) is 8.73. The van der Waals surface area contributed by atoms with Crippen molar-refractivity contribution in [1.82, 2.24) is 0 Å². The zero-order valence-electron chi connectivity index (χ0n) is 7.92. The number of methoxy groups -OCH3 is 1. The Bertz CT molecular complexity index is 309. The maximum absolute atomic E-state index is 5.97. The molecule has 1 unspecified atom stereocenters. The van der Waals surface area contributed by atoms with E-state index < -0.39 is 0 Å². The second-order valence-corrected chi connectivity index (χ2v) is 3.61. The van der Waals surface area contributed by atoms with Crippen molar-refractivity contribution in [2.45, 2.75) is 25.5 Å². The van der Waals surface area contributed by atoms with Crippen LogP contribution in [0.1, 0.15) is 29.2 Å². The van der Waals surface area contributed by atoms with Crippen LogP contribution < -0.4 is 5.73 Å². The van der Waals surface area contributed by atoms with Gasteiger partial charge in [0.05, 0.1) is 6.61 Å². The fraction of sp³-hybridized carbons (Fsp3) is 0.455. The van der Waals surface area contributed by atoms with Crippen molar-refractivity contribution in [3.63, 3.8) is 0 Å². The van der Waals surface area contributed by atoms with Gasteiger partial charge < -0.3 is 10.5 Å². The summed E-state index contributed by atoms with van der Waals surface area (Å²) in [5, 5.41) is 0. The van der Waals surface area contributed by atoms with Gasteiger partial charge in [0, 0.05) is 13.2 Å². The minimum atomic E-state index is 0.242. The van der Waals surface area contributed by atoms with E-state index >= 15 is 0 Å². The Morgan fingerprint density at radius 2 is 2.38 bits per heavy atom. The summed E-state index contributed by atoms with van der Waals surface area (Å²) in [5.41, 5.74) is 9.92. The van der Waals surface area contributed by atoms with Crippen LogP contribution in [0.5, 0.6) is 0 Å². The fourth-order valence-corrected chi connectivity index (χ4v) is 1.94. The molecule has 1 atom stereocenters. The van der Waals surface area contributed by atoms with Crippen LogP contribution in [0.3, 0.4) is 0 Å². The molecular weight excluding hydrogens is 162 g/mol. The third-order valence-electron chi connectivity index (χ3n) is 2.65. The molecule has 0 aliphatic heterocycles. The van der Waals surface area contributed by atoms with E-state index in [4.69, 9.17) is 10.5 Å². The number of benzene rings is 1. The van der Waals surface area contributed by atoms with Crippen LogP contribution >= 0.6 is 0 Å². The number of aryl methyl sites for hydroxylation is 1. The number of rotatable bonds is 2. The monoisotopic (exact) mass is 177 g/mol. The van der Waals surface area contributed by atoms with Crippen LogP contribution in [0.2, 0.25) is 0 Å². The minimum Gasteiger partial charge on any atom is -0.380 e. The molecule has 70 valence electrons. The Kier molecular flexibility index (Phi) is 2.34. The van der Waals surface area contributed by atoms with Gasteiger partial charge in [-0.2, -0.15) is 0 Å². The third-order valence-corrected chi connectivity index (χ3v) is 2.65. The lowest BCUT2D eigenvalue weighted by atomic mass is 10.1. The largest absolute Gasteiger partial charge is 0.380 e. The summed E-state index contributed by atoms with van der Waals surface area (Å²) in [6.07, 6.45) is 2.22. The van der Waals surface area contributed by atoms with Crippen molar-refractivity contribution < 1.29 is 4.74 Å². The molecule has 1 aliphatic rings. The van der Waals surface area contributed by atoms with Gasteiger partial charge >= 0.3 is 0 Å². The second-order valence-electron chi connectivity index (χ2n) is 3.61. The molecular formula is C11H15NO. The molecule has 1 aromatic rings. The summed E-state index contributed by atoms with van der Waals surface area (Å²) in [7, 11) is 1.72. The number of hydrogen-bond acceptors (Lipinski definition) is 2. The molecule has 0 saturated heterocycles. The lowest BCUT2D eigenvalue weighted by molar-refractivity contribution is 0.185. The first-order valence-corrected chi connectivity index (χ1v) is 4.67. The smallest absolute Gasteiger partial charge is 0.0713 e. The van der Waals surface area contributed by atoms with Crippen LogP contribution in [0.25, 0.3) is 0 Å². The van der Waals surface area contributed by atoms with Crippen molar-refractivity contribution in [2.75, 3.05) is 7.11 Å².